The number of aryl methyl sites for hydroxylation is 1. The Bertz CT molecular complexity index is 1450. The average Bonchev–Trinajstić information content (AvgIpc) is 3.24. The zero-order valence-corrected chi connectivity index (χ0v) is 19.5. The number of benzene rings is 2. The number of hydrogen-bond acceptors (Lipinski definition) is 7. The third kappa shape index (κ3) is 4.48. The summed E-state index contributed by atoms with van der Waals surface area (Å²) < 4.78 is 13.4. The maximum absolute atomic E-state index is 12.5. The van der Waals surface area contributed by atoms with Crippen molar-refractivity contribution < 1.29 is 13.9 Å². The van der Waals surface area contributed by atoms with Gasteiger partial charge in [-0.05, 0) is 59.8 Å². The van der Waals surface area contributed by atoms with E-state index >= 15 is 0 Å². The summed E-state index contributed by atoms with van der Waals surface area (Å²) >= 11 is 1.64. The summed E-state index contributed by atoms with van der Waals surface area (Å²) in [5.41, 5.74) is 3.29. The van der Waals surface area contributed by atoms with E-state index in [1.807, 2.05) is 30.3 Å². The molecule has 3 heterocycles. The Balaban J connectivity index is 1.34. The molecule has 1 aliphatic heterocycles. The fraction of sp³-hybridized carbons (Fsp3) is 0.320. The van der Waals surface area contributed by atoms with Gasteiger partial charge in [0.05, 0.1) is 11.6 Å². The first-order valence-electron chi connectivity index (χ1n) is 11.2. The van der Waals surface area contributed by atoms with Crippen molar-refractivity contribution in [1.82, 2.24) is 15.2 Å². The van der Waals surface area contributed by atoms with Gasteiger partial charge in [-0.2, -0.15) is 5.26 Å². The lowest BCUT2D eigenvalue weighted by Gasteiger charge is -2.18. The summed E-state index contributed by atoms with van der Waals surface area (Å²) in [7, 11) is 1.69. The predicted molar refractivity (Wildman–Crippen MR) is 131 cm³/mol. The standard InChI is InChI=1S/C25H24N4O4S/c1-29-19-11-16(5-6-20(19)33-25(29)31)23-12-17-4-3-15(10-22(17)34-23)9-18(13-26)28-24(30)21-14-27-7-2-8-32-21/h3-6,10-12,18,21,27H,2,7-9,14H2,1H3,(H,28,30)/t18-,21?/m0/s1. The largest absolute Gasteiger partial charge is 0.419 e. The van der Waals surface area contributed by atoms with Gasteiger partial charge in [0.15, 0.2) is 5.58 Å². The summed E-state index contributed by atoms with van der Waals surface area (Å²) in [5, 5.41) is 16.7. The molecular formula is C25H24N4O4S. The maximum atomic E-state index is 12.5. The molecule has 8 nitrogen and oxygen atoms in total. The molecule has 2 aromatic heterocycles. The number of thiophene rings is 1. The fourth-order valence-corrected chi connectivity index (χ4v) is 5.26. The van der Waals surface area contributed by atoms with Crippen molar-refractivity contribution in [3.05, 3.63) is 58.6 Å². The van der Waals surface area contributed by atoms with Gasteiger partial charge >= 0.3 is 5.76 Å². The third-order valence-corrected chi connectivity index (χ3v) is 7.16. The number of carbonyl (C=O) groups is 1. The van der Waals surface area contributed by atoms with Gasteiger partial charge in [-0.15, -0.1) is 11.3 Å². The first kappa shape index (κ1) is 22.3. The molecule has 34 heavy (non-hydrogen) atoms. The number of nitriles is 1. The number of ether oxygens (including phenoxy) is 1. The Morgan fingerprint density at radius 2 is 2.21 bits per heavy atom. The van der Waals surface area contributed by atoms with Gasteiger partial charge in [0.2, 0.25) is 0 Å². The van der Waals surface area contributed by atoms with E-state index in [1.165, 1.54) is 4.57 Å². The quantitative estimate of drug-likeness (QED) is 0.458. The Morgan fingerprint density at radius 3 is 3.06 bits per heavy atom. The molecule has 0 bridgehead atoms. The first-order chi connectivity index (χ1) is 16.5. The van der Waals surface area contributed by atoms with Gasteiger partial charge < -0.3 is 19.8 Å². The number of amides is 1. The molecule has 5 rings (SSSR count). The molecule has 1 unspecified atom stereocenters. The Kier molecular flexibility index (Phi) is 6.20. The zero-order valence-electron chi connectivity index (χ0n) is 18.7. The lowest BCUT2D eigenvalue weighted by molar-refractivity contribution is -0.132. The molecule has 4 aromatic rings. The molecule has 1 fully saturated rings. The number of oxazole rings is 1. The molecule has 2 atom stereocenters. The zero-order chi connectivity index (χ0) is 23.7. The lowest BCUT2D eigenvalue weighted by Crippen LogP contribution is -2.46. The first-order valence-corrected chi connectivity index (χ1v) is 12.0. The Hall–Kier alpha value is -3.45. The van der Waals surface area contributed by atoms with Crippen LogP contribution in [0.1, 0.15) is 12.0 Å². The minimum absolute atomic E-state index is 0.260. The second-order valence-electron chi connectivity index (χ2n) is 8.40. The van der Waals surface area contributed by atoms with E-state index in [-0.39, 0.29) is 11.7 Å². The van der Waals surface area contributed by atoms with Crippen molar-refractivity contribution in [2.24, 2.45) is 7.05 Å². The average molecular weight is 477 g/mol. The van der Waals surface area contributed by atoms with Crippen molar-refractivity contribution in [2.45, 2.75) is 25.0 Å². The van der Waals surface area contributed by atoms with Gasteiger partial charge in [0, 0.05) is 36.2 Å². The highest BCUT2D eigenvalue weighted by Gasteiger charge is 2.23. The second kappa shape index (κ2) is 9.43. The molecular weight excluding hydrogens is 452 g/mol. The minimum atomic E-state index is -0.638. The van der Waals surface area contributed by atoms with Gasteiger partial charge in [-0.25, -0.2) is 4.79 Å². The van der Waals surface area contributed by atoms with Crippen molar-refractivity contribution in [1.29, 1.82) is 5.26 Å². The summed E-state index contributed by atoms with van der Waals surface area (Å²) in [4.78, 5) is 25.4. The van der Waals surface area contributed by atoms with Crippen LogP contribution >= 0.6 is 11.3 Å². The molecule has 1 saturated heterocycles. The lowest BCUT2D eigenvalue weighted by atomic mass is 10.0. The van der Waals surface area contributed by atoms with Crippen LogP contribution in [-0.4, -0.2) is 42.3 Å². The highest BCUT2D eigenvalue weighted by atomic mass is 32.1. The number of fused-ring (bicyclic) bond motifs is 2. The molecule has 1 amide bonds. The topological polar surface area (TPSA) is 109 Å². The van der Waals surface area contributed by atoms with E-state index in [4.69, 9.17) is 9.15 Å². The van der Waals surface area contributed by atoms with E-state index in [2.05, 4.69) is 28.8 Å². The van der Waals surface area contributed by atoms with Gasteiger partial charge in [-0.1, -0.05) is 12.1 Å². The van der Waals surface area contributed by atoms with Crippen LogP contribution < -0.4 is 16.4 Å². The van der Waals surface area contributed by atoms with Crippen LogP contribution in [0, 0.1) is 11.3 Å². The minimum Gasteiger partial charge on any atom is -0.408 e. The van der Waals surface area contributed by atoms with E-state index in [0.29, 0.717) is 25.2 Å². The normalized spacial score (nSPS) is 17.4. The van der Waals surface area contributed by atoms with Crippen LogP contribution in [0.4, 0.5) is 0 Å². The van der Waals surface area contributed by atoms with Crippen LogP contribution in [-0.2, 0) is 23.0 Å². The molecule has 174 valence electrons. The van der Waals surface area contributed by atoms with E-state index < -0.39 is 12.1 Å². The van der Waals surface area contributed by atoms with Crippen molar-refractivity contribution in [3.8, 4) is 16.5 Å². The monoisotopic (exact) mass is 476 g/mol. The summed E-state index contributed by atoms with van der Waals surface area (Å²) in [6.45, 7) is 1.80. The summed E-state index contributed by atoms with van der Waals surface area (Å²) in [6, 6.07) is 15.5. The van der Waals surface area contributed by atoms with Crippen LogP contribution in [0.2, 0.25) is 0 Å². The number of nitrogens with zero attached hydrogens (tertiary/aromatic N) is 2. The molecule has 0 aliphatic carbocycles. The third-order valence-electron chi connectivity index (χ3n) is 6.01. The van der Waals surface area contributed by atoms with Crippen LogP contribution in [0.25, 0.3) is 31.6 Å². The van der Waals surface area contributed by atoms with E-state index in [1.54, 1.807) is 18.4 Å². The molecule has 0 spiro atoms. The number of aromatic nitrogens is 1. The Labute approximate surface area is 199 Å². The molecule has 2 aromatic carbocycles. The summed E-state index contributed by atoms with van der Waals surface area (Å²) in [6.07, 6.45) is 0.699. The van der Waals surface area contributed by atoms with Crippen molar-refractivity contribution in [2.75, 3.05) is 19.7 Å². The van der Waals surface area contributed by atoms with E-state index in [9.17, 15) is 14.9 Å². The van der Waals surface area contributed by atoms with E-state index in [0.717, 1.165) is 44.6 Å². The van der Waals surface area contributed by atoms with Crippen molar-refractivity contribution >= 4 is 38.4 Å². The maximum Gasteiger partial charge on any atom is 0.419 e. The second-order valence-corrected chi connectivity index (χ2v) is 9.49. The number of nitrogens with one attached hydrogen (secondary N) is 2. The molecule has 9 heteroatoms. The number of rotatable bonds is 5. The molecule has 0 saturated carbocycles. The highest BCUT2D eigenvalue weighted by Crippen LogP contribution is 2.35. The predicted octanol–water partition coefficient (Wildman–Crippen LogP) is 2.94. The highest BCUT2D eigenvalue weighted by molar-refractivity contribution is 7.22. The van der Waals surface area contributed by atoms with Crippen LogP contribution in [0.3, 0.4) is 0 Å². The Morgan fingerprint density at radius 1 is 1.32 bits per heavy atom. The van der Waals surface area contributed by atoms with Gasteiger partial charge in [0.25, 0.3) is 5.91 Å². The van der Waals surface area contributed by atoms with Gasteiger partial charge in [0.1, 0.15) is 12.1 Å². The SMILES string of the molecule is Cn1c(=O)oc2ccc(-c3cc4ccc(C[C@@H](C#N)NC(=O)C5CNCCCO5)cc4s3)cc21. The van der Waals surface area contributed by atoms with Crippen molar-refractivity contribution in [3.63, 3.8) is 0 Å². The fourth-order valence-electron chi connectivity index (χ4n) is 4.14. The van der Waals surface area contributed by atoms with Crippen LogP contribution in [0.5, 0.6) is 0 Å². The molecule has 1 aliphatic rings. The summed E-state index contributed by atoms with van der Waals surface area (Å²) in [5.74, 6) is -0.640. The number of hydrogen-bond donors (Lipinski definition) is 2. The molecule has 0 radical (unpaired) electrons. The van der Waals surface area contributed by atoms with Gasteiger partial charge in [-0.3, -0.25) is 9.36 Å². The smallest absolute Gasteiger partial charge is 0.408 e. The van der Waals surface area contributed by atoms with Crippen LogP contribution in [0.15, 0.2) is 51.7 Å². The number of carbonyl (C=O) groups excluding carboxylic acids is 1. The molecule has 2 N–H and O–H groups in total.